The van der Waals surface area contributed by atoms with Gasteiger partial charge in [0.2, 0.25) is 0 Å². The topological polar surface area (TPSA) is 80.6 Å². The minimum atomic E-state index is -0.694. The van der Waals surface area contributed by atoms with E-state index in [1.54, 1.807) is 13.2 Å². The van der Waals surface area contributed by atoms with E-state index in [9.17, 15) is 9.18 Å². The third-order valence-corrected chi connectivity index (χ3v) is 4.59. The number of amides is 1. The predicted octanol–water partition coefficient (Wildman–Crippen LogP) is 3.24. The van der Waals surface area contributed by atoms with Crippen LogP contribution in [0.15, 0.2) is 41.5 Å². The standard InChI is InChI=1S/C22H25FN2O5/c1-3-29-21-13-15(6-9-20(21)28-2)19-5-4-10-25(24-19)22(27)17-8-7-16(14-18(17)23)30-12-11-26/h6-9,13-14,26H,3-5,10-12H2,1-2H3. The number of halogens is 1. The Balaban J connectivity index is 1.83. The van der Waals surface area contributed by atoms with Gasteiger partial charge in [0.1, 0.15) is 18.2 Å². The SMILES string of the molecule is CCOc1cc(C2=NN(C(=O)c3ccc(OCCO)cc3F)CCC2)ccc1OC. The number of hydrogen-bond donors (Lipinski definition) is 1. The maximum atomic E-state index is 14.5. The molecule has 1 N–H and O–H groups in total. The summed E-state index contributed by atoms with van der Waals surface area (Å²) in [6.45, 7) is 2.66. The zero-order valence-electron chi connectivity index (χ0n) is 17.1. The molecule has 30 heavy (non-hydrogen) atoms. The lowest BCUT2D eigenvalue weighted by Gasteiger charge is -2.24. The first-order valence-electron chi connectivity index (χ1n) is 9.81. The number of aliphatic hydroxyl groups excluding tert-OH is 1. The largest absolute Gasteiger partial charge is 0.493 e. The lowest BCUT2D eigenvalue weighted by Crippen LogP contribution is -2.32. The van der Waals surface area contributed by atoms with Gasteiger partial charge in [0.25, 0.3) is 5.91 Å². The van der Waals surface area contributed by atoms with Gasteiger partial charge in [-0.15, -0.1) is 0 Å². The molecule has 160 valence electrons. The lowest BCUT2D eigenvalue weighted by atomic mass is 10.0. The van der Waals surface area contributed by atoms with Crippen molar-refractivity contribution in [1.82, 2.24) is 5.01 Å². The van der Waals surface area contributed by atoms with Gasteiger partial charge in [0.05, 0.1) is 31.6 Å². The van der Waals surface area contributed by atoms with Crippen molar-refractivity contribution in [1.29, 1.82) is 0 Å². The van der Waals surface area contributed by atoms with E-state index >= 15 is 0 Å². The fraction of sp³-hybridized carbons (Fsp3) is 0.364. The van der Waals surface area contributed by atoms with Crippen LogP contribution in [-0.2, 0) is 0 Å². The third-order valence-electron chi connectivity index (χ3n) is 4.59. The van der Waals surface area contributed by atoms with Crippen molar-refractivity contribution in [2.75, 3.05) is 33.5 Å². The Bertz CT molecular complexity index is 932. The molecule has 1 amide bonds. The molecule has 2 aromatic carbocycles. The summed E-state index contributed by atoms with van der Waals surface area (Å²) in [5.74, 6) is 0.268. The van der Waals surface area contributed by atoms with Gasteiger partial charge in [-0.25, -0.2) is 9.40 Å². The van der Waals surface area contributed by atoms with Crippen LogP contribution in [0, 0.1) is 5.82 Å². The Labute approximate surface area is 174 Å². The highest BCUT2D eigenvalue weighted by molar-refractivity contribution is 6.03. The van der Waals surface area contributed by atoms with Crippen LogP contribution in [0.25, 0.3) is 0 Å². The molecule has 0 radical (unpaired) electrons. The van der Waals surface area contributed by atoms with Crippen LogP contribution in [0.4, 0.5) is 4.39 Å². The molecule has 2 aromatic rings. The highest BCUT2D eigenvalue weighted by Gasteiger charge is 2.24. The van der Waals surface area contributed by atoms with Crippen LogP contribution in [0.3, 0.4) is 0 Å². The lowest BCUT2D eigenvalue weighted by molar-refractivity contribution is 0.0746. The Morgan fingerprint density at radius 2 is 2.03 bits per heavy atom. The monoisotopic (exact) mass is 416 g/mol. The highest BCUT2D eigenvalue weighted by Crippen LogP contribution is 2.30. The Morgan fingerprint density at radius 1 is 1.20 bits per heavy atom. The Hall–Kier alpha value is -3.13. The summed E-state index contributed by atoms with van der Waals surface area (Å²) in [5.41, 5.74) is 1.47. The van der Waals surface area contributed by atoms with Gasteiger partial charge in [0.15, 0.2) is 11.5 Å². The highest BCUT2D eigenvalue weighted by atomic mass is 19.1. The predicted molar refractivity (Wildman–Crippen MR) is 110 cm³/mol. The number of ether oxygens (including phenoxy) is 3. The molecule has 0 aromatic heterocycles. The first-order chi connectivity index (χ1) is 14.6. The molecular weight excluding hydrogens is 391 g/mol. The van der Waals surface area contributed by atoms with E-state index in [0.717, 1.165) is 17.3 Å². The average molecular weight is 416 g/mol. The van der Waals surface area contributed by atoms with E-state index in [-0.39, 0.29) is 24.5 Å². The van der Waals surface area contributed by atoms with Crippen LogP contribution in [-0.4, -0.2) is 55.2 Å². The summed E-state index contributed by atoms with van der Waals surface area (Å²) < 4.78 is 30.6. The summed E-state index contributed by atoms with van der Waals surface area (Å²) in [4.78, 5) is 12.8. The van der Waals surface area contributed by atoms with Gasteiger partial charge in [-0.3, -0.25) is 4.79 Å². The van der Waals surface area contributed by atoms with Gasteiger partial charge in [-0.1, -0.05) is 0 Å². The van der Waals surface area contributed by atoms with Crippen LogP contribution >= 0.6 is 0 Å². The summed E-state index contributed by atoms with van der Waals surface area (Å²) in [7, 11) is 1.57. The summed E-state index contributed by atoms with van der Waals surface area (Å²) >= 11 is 0. The second-order valence-corrected chi connectivity index (χ2v) is 6.59. The number of nitrogens with zero attached hydrogens (tertiary/aromatic N) is 2. The van der Waals surface area contributed by atoms with Crippen LogP contribution in [0.1, 0.15) is 35.7 Å². The quantitative estimate of drug-likeness (QED) is 0.715. The average Bonchev–Trinajstić information content (AvgIpc) is 2.77. The summed E-state index contributed by atoms with van der Waals surface area (Å²) in [5, 5.41) is 14.6. The van der Waals surface area contributed by atoms with Gasteiger partial charge < -0.3 is 19.3 Å². The normalized spacial score (nSPS) is 13.6. The minimum Gasteiger partial charge on any atom is -0.493 e. The molecule has 0 unspecified atom stereocenters. The van der Waals surface area contributed by atoms with Crippen molar-refractivity contribution >= 4 is 11.6 Å². The maximum absolute atomic E-state index is 14.5. The molecule has 1 aliphatic rings. The Kier molecular flexibility index (Phi) is 7.24. The van der Waals surface area contributed by atoms with Gasteiger partial charge in [-0.2, -0.15) is 5.10 Å². The van der Waals surface area contributed by atoms with Crippen LogP contribution < -0.4 is 14.2 Å². The van der Waals surface area contributed by atoms with E-state index in [1.165, 1.54) is 17.1 Å². The van der Waals surface area contributed by atoms with E-state index in [0.29, 0.717) is 37.5 Å². The fourth-order valence-electron chi connectivity index (χ4n) is 3.18. The number of carbonyl (C=O) groups is 1. The molecule has 7 nitrogen and oxygen atoms in total. The molecule has 0 fully saturated rings. The second kappa shape index (κ2) is 10.1. The molecule has 1 aliphatic heterocycles. The first kappa shape index (κ1) is 21.6. The van der Waals surface area contributed by atoms with Crippen molar-refractivity contribution in [2.24, 2.45) is 5.10 Å². The molecule has 1 heterocycles. The Morgan fingerprint density at radius 3 is 2.73 bits per heavy atom. The molecule has 0 spiro atoms. The van der Waals surface area contributed by atoms with E-state index < -0.39 is 11.7 Å². The molecule has 0 saturated carbocycles. The van der Waals surface area contributed by atoms with E-state index in [2.05, 4.69) is 5.10 Å². The number of aliphatic hydroxyl groups is 1. The van der Waals surface area contributed by atoms with Crippen molar-refractivity contribution in [3.8, 4) is 17.2 Å². The smallest absolute Gasteiger partial charge is 0.276 e. The molecule has 3 rings (SSSR count). The molecule has 0 aliphatic carbocycles. The van der Waals surface area contributed by atoms with E-state index in [1.807, 2.05) is 19.1 Å². The molecule has 8 heteroatoms. The van der Waals surface area contributed by atoms with Crippen molar-refractivity contribution < 1.29 is 28.5 Å². The minimum absolute atomic E-state index is 0.0537. The number of hydrogen-bond acceptors (Lipinski definition) is 6. The van der Waals surface area contributed by atoms with Gasteiger partial charge >= 0.3 is 0 Å². The van der Waals surface area contributed by atoms with Gasteiger partial charge in [0, 0.05) is 18.2 Å². The first-order valence-corrected chi connectivity index (χ1v) is 9.81. The van der Waals surface area contributed by atoms with Crippen molar-refractivity contribution in [2.45, 2.75) is 19.8 Å². The summed E-state index contributed by atoms with van der Waals surface area (Å²) in [6, 6.07) is 9.50. The number of methoxy groups -OCH3 is 1. The molecule has 0 bridgehead atoms. The second-order valence-electron chi connectivity index (χ2n) is 6.59. The van der Waals surface area contributed by atoms with Crippen molar-refractivity contribution in [3.63, 3.8) is 0 Å². The van der Waals surface area contributed by atoms with Gasteiger partial charge in [-0.05, 0) is 50.1 Å². The van der Waals surface area contributed by atoms with E-state index in [4.69, 9.17) is 19.3 Å². The summed E-state index contributed by atoms with van der Waals surface area (Å²) in [6.07, 6.45) is 1.40. The fourth-order valence-corrected chi connectivity index (χ4v) is 3.18. The van der Waals surface area contributed by atoms with Crippen LogP contribution in [0.5, 0.6) is 17.2 Å². The third kappa shape index (κ3) is 4.88. The zero-order chi connectivity index (χ0) is 21.5. The number of hydrazone groups is 1. The zero-order valence-corrected chi connectivity index (χ0v) is 17.1. The molecular formula is C22H25FN2O5. The number of rotatable bonds is 8. The number of benzene rings is 2. The maximum Gasteiger partial charge on any atom is 0.276 e. The molecule has 0 saturated heterocycles. The van der Waals surface area contributed by atoms with Crippen LogP contribution in [0.2, 0.25) is 0 Å². The number of carbonyl (C=O) groups excluding carboxylic acids is 1. The molecule has 0 atom stereocenters. The van der Waals surface area contributed by atoms with Crippen molar-refractivity contribution in [3.05, 3.63) is 53.3 Å².